The molecule has 3 atom stereocenters. The number of thioether (sulfide) groups is 1. The van der Waals surface area contributed by atoms with E-state index >= 15 is 0 Å². The second-order valence-electron chi connectivity index (χ2n) is 8.80. The summed E-state index contributed by atoms with van der Waals surface area (Å²) in [6, 6.07) is 13.5. The van der Waals surface area contributed by atoms with E-state index in [1.165, 1.54) is 16.7 Å². The molecule has 202 valence electrons. The number of esters is 2. The van der Waals surface area contributed by atoms with Gasteiger partial charge in [-0.1, -0.05) is 51.2 Å². The van der Waals surface area contributed by atoms with E-state index in [-0.39, 0.29) is 24.6 Å². The van der Waals surface area contributed by atoms with Crippen molar-refractivity contribution in [3.05, 3.63) is 78.7 Å². The standard InChI is InChI=1S/C27H23BrN2O7S2/c1-3-36-18(31)13-29-25-22(39-27(29)35)19(14-5-9-16(28)10-6-14)20-21(38-25)24(33)30(23(20)32)17-11-7-15(8-12-17)26(34)37-4-2/h5-12,19-21H,3-4,13H2,1-2H3/t19-,20-,21+/m0/s1. The second-order valence-corrected chi connectivity index (χ2v) is 11.8. The molecule has 3 heterocycles. The van der Waals surface area contributed by atoms with Crippen molar-refractivity contribution in [3.8, 4) is 0 Å². The van der Waals surface area contributed by atoms with Gasteiger partial charge < -0.3 is 9.47 Å². The number of anilines is 1. The van der Waals surface area contributed by atoms with Crippen molar-refractivity contribution in [2.75, 3.05) is 18.1 Å². The van der Waals surface area contributed by atoms with E-state index in [1.54, 1.807) is 26.0 Å². The van der Waals surface area contributed by atoms with Crippen molar-refractivity contribution in [1.29, 1.82) is 0 Å². The van der Waals surface area contributed by atoms with Crippen LogP contribution in [0.1, 0.15) is 40.6 Å². The van der Waals surface area contributed by atoms with Gasteiger partial charge in [-0.15, -0.1) is 0 Å². The summed E-state index contributed by atoms with van der Waals surface area (Å²) in [7, 11) is 0. The van der Waals surface area contributed by atoms with E-state index in [4.69, 9.17) is 9.47 Å². The van der Waals surface area contributed by atoms with Crippen LogP contribution < -0.4 is 9.77 Å². The number of rotatable bonds is 7. The number of ether oxygens (including phenoxy) is 2. The van der Waals surface area contributed by atoms with Crippen molar-refractivity contribution < 1.29 is 28.7 Å². The molecule has 2 amide bonds. The fourth-order valence-electron chi connectivity index (χ4n) is 4.84. The molecule has 0 N–H and O–H groups in total. The molecule has 12 heteroatoms. The first-order valence-electron chi connectivity index (χ1n) is 12.2. The Balaban J connectivity index is 1.57. The zero-order valence-electron chi connectivity index (χ0n) is 20.9. The number of carbonyl (C=O) groups is 4. The molecule has 0 radical (unpaired) electrons. The molecular formula is C27H23BrN2O7S2. The highest BCUT2D eigenvalue weighted by molar-refractivity contribution is 9.10. The summed E-state index contributed by atoms with van der Waals surface area (Å²) in [5.41, 5.74) is 1.43. The summed E-state index contributed by atoms with van der Waals surface area (Å²) >= 11 is 5.54. The van der Waals surface area contributed by atoms with E-state index in [0.29, 0.717) is 21.2 Å². The van der Waals surface area contributed by atoms with E-state index in [1.807, 2.05) is 24.3 Å². The lowest BCUT2D eigenvalue weighted by molar-refractivity contribution is -0.144. The van der Waals surface area contributed by atoms with Crippen LogP contribution in [0.3, 0.4) is 0 Å². The normalized spacial score (nSPS) is 20.0. The molecule has 2 aliphatic heterocycles. The molecule has 2 aliphatic rings. The van der Waals surface area contributed by atoms with E-state index < -0.39 is 40.8 Å². The Labute approximate surface area is 240 Å². The van der Waals surface area contributed by atoms with Crippen LogP contribution in [0.5, 0.6) is 0 Å². The van der Waals surface area contributed by atoms with Gasteiger partial charge >= 0.3 is 16.8 Å². The Morgan fingerprint density at radius 1 is 0.923 bits per heavy atom. The number of imide groups is 1. The van der Waals surface area contributed by atoms with E-state index in [9.17, 15) is 24.0 Å². The number of hydrogen-bond acceptors (Lipinski definition) is 9. The minimum absolute atomic E-state index is 0.177. The number of thiazole rings is 1. The molecule has 1 aromatic heterocycles. The lowest BCUT2D eigenvalue weighted by atomic mass is 9.83. The molecule has 0 spiro atoms. The average molecular weight is 632 g/mol. The number of halogens is 1. The van der Waals surface area contributed by atoms with Gasteiger partial charge in [0, 0.05) is 15.3 Å². The summed E-state index contributed by atoms with van der Waals surface area (Å²) < 4.78 is 12.3. The van der Waals surface area contributed by atoms with Crippen LogP contribution in [-0.4, -0.2) is 46.8 Å². The predicted octanol–water partition coefficient (Wildman–Crippen LogP) is 4.21. The van der Waals surface area contributed by atoms with Gasteiger partial charge in [-0.2, -0.15) is 0 Å². The zero-order valence-corrected chi connectivity index (χ0v) is 24.1. The van der Waals surface area contributed by atoms with Crippen molar-refractivity contribution in [2.45, 2.75) is 36.6 Å². The molecule has 0 unspecified atom stereocenters. The first-order valence-corrected chi connectivity index (χ1v) is 14.7. The lowest BCUT2D eigenvalue weighted by Crippen LogP contribution is -2.32. The third-order valence-electron chi connectivity index (χ3n) is 6.51. The molecule has 2 aromatic carbocycles. The molecule has 1 fully saturated rings. The quantitative estimate of drug-likeness (QED) is 0.282. The van der Waals surface area contributed by atoms with Gasteiger partial charge in [-0.05, 0) is 55.8 Å². The second kappa shape index (κ2) is 11.1. The number of amides is 2. The molecule has 39 heavy (non-hydrogen) atoms. The molecule has 0 saturated carbocycles. The van der Waals surface area contributed by atoms with Crippen LogP contribution in [0, 0.1) is 5.92 Å². The van der Waals surface area contributed by atoms with Crippen LogP contribution in [0.25, 0.3) is 0 Å². The Kier molecular flexibility index (Phi) is 7.79. The van der Waals surface area contributed by atoms with Crippen molar-refractivity contribution in [2.24, 2.45) is 5.92 Å². The van der Waals surface area contributed by atoms with E-state index in [0.717, 1.165) is 38.0 Å². The summed E-state index contributed by atoms with van der Waals surface area (Å²) in [6.45, 7) is 3.52. The van der Waals surface area contributed by atoms with Crippen molar-refractivity contribution in [1.82, 2.24) is 4.57 Å². The van der Waals surface area contributed by atoms with Crippen LogP contribution in [0.2, 0.25) is 0 Å². The van der Waals surface area contributed by atoms with Gasteiger partial charge in [0.25, 0.3) is 0 Å². The van der Waals surface area contributed by atoms with E-state index in [2.05, 4.69) is 15.9 Å². The first-order chi connectivity index (χ1) is 18.7. The minimum atomic E-state index is -0.814. The Morgan fingerprint density at radius 2 is 1.59 bits per heavy atom. The number of hydrogen-bond donors (Lipinski definition) is 0. The highest BCUT2D eigenvalue weighted by atomic mass is 79.9. The molecular weight excluding hydrogens is 608 g/mol. The van der Waals surface area contributed by atoms with Crippen LogP contribution in [-0.2, 0) is 30.4 Å². The highest BCUT2D eigenvalue weighted by Gasteiger charge is 2.56. The third kappa shape index (κ3) is 4.96. The molecule has 0 aliphatic carbocycles. The van der Waals surface area contributed by atoms with Gasteiger partial charge in [0.1, 0.15) is 11.8 Å². The average Bonchev–Trinajstić information content (AvgIpc) is 3.36. The summed E-state index contributed by atoms with van der Waals surface area (Å²) in [5, 5.41) is -0.321. The molecule has 3 aromatic rings. The fourth-order valence-corrected chi connectivity index (χ4v) is 7.87. The van der Waals surface area contributed by atoms with Crippen LogP contribution >= 0.6 is 39.0 Å². The highest BCUT2D eigenvalue weighted by Crippen LogP contribution is 2.53. The topological polar surface area (TPSA) is 112 Å². The van der Waals surface area contributed by atoms with Crippen LogP contribution in [0.4, 0.5) is 5.69 Å². The number of nitrogens with zero attached hydrogens (tertiary/aromatic N) is 2. The SMILES string of the molecule is CCOC(=O)Cn1c2c(sc1=O)[C@@H](c1ccc(Br)cc1)[C@@H]1C(=O)N(c3ccc(C(=O)OCC)cc3)C(=O)[C@@H]1S2. The Bertz CT molecular complexity index is 1510. The maximum atomic E-state index is 13.9. The molecule has 1 saturated heterocycles. The predicted molar refractivity (Wildman–Crippen MR) is 149 cm³/mol. The first kappa shape index (κ1) is 27.4. The molecule has 5 rings (SSSR count). The summed E-state index contributed by atoms with van der Waals surface area (Å²) in [4.78, 5) is 66.5. The number of carbonyl (C=O) groups excluding carboxylic acids is 4. The monoisotopic (exact) mass is 630 g/mol. The summed E-state index contributed by atoms with van der Waals surface area (Å²) in [5.74, 6) is -3.20. The number of aromatic nitrogens is 1. The number of fused-ring (bicyclic) bond motifs is 2. The minimum Gasteiger partial charge on any atom is -0.465 e. The van der Waals surface area contributed by atoms with Gasteiger partial charge in [0.2, 0.25) is 11.8 Å². The Morgan fingerprint density at radius 3 is 2.23 bits per heavy atom. The summed E-state index contributed by atoms with van der Waals surface area (Å²) in [6.07, 6.45) is 0. The largest absolute Gasteiger partial charge is 0.465 e. The maximum absolute atomic E-state index is 13.9. The van der Waals surface area contributed by atoms with Gasteiger partial charge in [0.15, 0.2) is 0 Å². The lowest BCUT2D eigenvalue weighted by Gasteiger charge is -2.30. The smallest absolute Gasteiger partial charge is 0.338 e. The molecule has 0 bridgehead atoms. The van der Waals surface area contributed by atoms with Crippen LogP contribution in [0.15, 0.2) is 62.8 Å². The van der Waals surface area contributed by atoms with Gasteiger partial charge in [-0.3, -0.25) is 23.7 Å². The maximum Gasteiger partial charge on any atom is 0.338 e. The van der Waals surface area contributed by atoms with Gasteiger partial charge in [-0.25, -0.2) is 9.69 Å². The number of benzene rings is 2. The molecule has 9 nitrogen and oxygen atoms in total. The Hall–Kier alpha value is -3.22. The van der Waals surface area contributed by atoms with Crippen molar-refractivity contribution >= 4 is 68.5 Å². The van der Waals surface area contributed by atoms with Crippen molar-refractivity contribution in [3.63, 3.8) is 0 Å². The van der Waals surface area contributed by atoms with Gasteiger partial charge in [0.05, 0.1) is 35.4 Å². The third-order valence-corrected chi connectivity index (χ3v) is 9.64. The zero-order chi connectivity index (χ0) is 27.8. The fraction of sp³-hybridized carbons (Fsp3) is 0.296.